The number of aryl methyl sites for hydroxylation is 14. The zero-order valence-electron chi connectivity index (χ0n) is 94.5. The SMILES string of the molecule is CC(C)CCCCCc1cnnn1CC(C)C.CC(C)CCCCCc1cnnn1CC(C)C.CC(C)CCCCc1cnnn1CCC(C)C.CC(C)CCCCc1cnnn1CCC(C)C.CC(C)CCCCn1nncc1CCC(C)C.CC(C)CCCCn1nncc1CCC(C)C.CC(C)CCCc1cnnn1CCCC(C)C.CC(C)CCCc1cnnn1CCCC(C)C. The third kappa shape index (κ3) is 70.7. The third-order valence-electron chi connectivity index (χ3n) is 24.3. The van der Waals surface area contributed by atoms with Gasteiger partial charge in [-0.1, -0.05) is 366 Å². The molecule has 8 heterocycles. The quantitative estimate of drug-likeness (QED) is 0.0322. The topological polar surface area (TPSA) is 246 Å². The number of hydrogen-bond acceptors (Lipinski definition) is 16. The van der Waals surface area contributed by atoms with Crippen molar-refractivity contribution in [2.24, 2.45) is 94.7 Å². The van der Waals surface area contributed by atoms with Crippen LogP contribution in [-0.2, 0) is 104 Å². The van der Waals surface area contributed by atoms with Gasteiger partial charge in [0.25, 0.3) is 0 Å². The van der Waals surface area contributed by atoms with Crippen LogP contribution in [-0.4, -0.2) is 120 Å². The highest BCUT2D eigenvalue weighted by Crippen LogP contribution is 2.21. The summed E-state index contributed by atoms with van der Waals surface area (Å²) in [4.78, 5) is 0. The first-order valence-corrected chi connectivity index (χ1v) is 55.7. The molecule has 0 aliphatic carbocycles. The van der Waals surface area contributed by atoms with E-state index in [1.165, 1.54) is 251 Å². The number of nitrogens with zero attached hydrogens (tertiary/aromatic N) is 24. The van der Waals surface area contributed by atoms with Gasteiger partial charge in [0.15, 0.2) is 0 Å². The highest BCUT2D eigenvalue weighted by molar-refractivity contribution is 5.00. The average Bonchev–Trinajstić information content (AvgIpc) is 1.79. The Morgan fingerprint density at radius 2 is 0.301 bits per heavy atom. The third-order valence-corrected chi connectivity index (χ3v) is 24.3. The van der Waals surface area contributed by atoms with Crippen molar-refractivity contribution in [1.29, 1.82) is 0 Å². The Balaban J connectivity index is 0.000000777. The minimum atomic E-state index is 0.636. The van der Waals surface area contributed by atoms with Gasteiger partial charge in [0.1, 0.15) is 0 Å². The van der Waals surface area contributed by atoms with Crippen LogP contribution in [0.1, 0.15) is 473 Å². The fourth-order valence-electron chi connectivity index (χ4n) is 15.6. The van der Waals surface area contributed by atoms with Gasteiger partial charge in [-0.3, -0.25) is 0 Å². The molecule has 8 aromatic heterocycles. The molecule has 0 saturated carbocycles. The fourth-order valence-corrected chi connectivity index (χ4v) is 15.6. The van der Waals surface area contributed by atoms with Gasteiger partial charge in [-0.25, -0.2) is 37.5 Å². The molecule has 0 aliphatic rings. The highest BCUT2D eigenvalue weighted by atomic mass is 15.5. The lowest BCUT2D eigenvalue weighted by atomic mass is 10.0. The van der Waals surface area contributed by atoms with Crippen LogP contribution >= 0.6 is 0 Å². The maximum absolute atomic E-state index is 4.18. The van der Waals surface area contributed by atoms with Crippen LogP contribution in [0.25, 0.3) is 0 Å². The van der Waals surface area contributed by atoms with Crippen molar-refractivity contribution >= 4 is 0 Å². The lowest BCUT2D eigenvalue weighted by Crippen LogP contribution is -2.09. The zero-order valence-corrected chi connectivity index (χ0v) is 94.5. The summed E-state index contributed by atoms with van der Waals surface area (Å²) in [5, 5.41) is 65.5. The highest BCUT2D eigenvalue weighted by Gasteiger charge is 2.15. The van der Waals surface area contributed by atoms with Crippen molar-refractivity contribution in [3.63, 3.8) is 0 Å². The molecule has 0 spiro atoms. The molecule has 24 heteroatoms. The summed E-state index contributed by atoms with van der Waals surface area (Å²) in [6, 6.07) is 0. The van der Waals surface area contributed by atoms with Crippen LogP contribution in [0.4, 0.5) is 0 Å². The van der Waals surface area contributed by atoms with Gasteiger partial charge in [-0.05, 0) is 249 Å². The molecule has 784 valence electrons. The van der Waals surface area contributed by atoms with E-state index < -0.39 is 0 Å². The molecule has 8 rings (SSSR count). The van der Waals surface area contributed by atoms with Crippen molar-refractivity contribution in [3.05, 3.63) is 95.1 Å². The largest absolute Gasteiger partial charge is 0.249 e. The molecular weight excluding hydrogens is 1680 g/mol. The minimum Gasteiger partial charge on any atom is -0.249 e. The lowest BCUT2D eigenvalue weighted by Gasteiger charge is -2.08. The Labute approximate surface area is 835 Å². The molecule has 0 N–H and O–H groups in total. The Morgan fingerprint density at radius 3 is 0.529 bits per heavy atom. The second-order valence-electron chi connectivity index (χ2n) is 46.2. The van der Waals surface area contributed by atoms with E-state index in [-0.39, 0.29) is 0 Å². The van der Waals surface area contributed by atoms with Gasteiger partial charge >= 0.3 is 0 Å². The van der Waals surface area contributed by atoms with Gasteiger partial charge in [0.05, 0.1) is 95.1 Å². The monoisotopic (exact) mass is 1900 g/mol. The van der Waals surface area contributed by atoms with Crippen LogP contribution < -0.4 is 0 Å². The molecule has 0 unspecified atom stereocenters. The van der Waals surface area contributed by atoms with Crippen LogP contribution in [0.5, 0.6) is 0 Å². The van der Waals surface area contributed by atoms with Crippen LogP contribution in [0.3, 0.4) is 0 Å². The number of unbranched alkanes of at least 4 members (excludes halogenated alkanes) is 8. The van der Waals surface area contributed by atoms with Crippen molar-refractivity contribution in [1.82, 2.24) is 120 Å². The van der Waals surface area contributed by atoms with Gasteiger partial charge in [0, 0.05) is 52.4 Å². The van der Waals surface area contributed by atoms with Gasteiger partial charge in [-0.15, -0.1) is 40.8 Å². The van der Waals surface area contributed by atoms with Crippen molar-refractivity contribution in [3.8, 4) is 0 Å². The predicted octanol–water partition coefficient (Wildman–Crippen LogP) is 29.5. The minimum absolute atomic E-state index is 0.636. The van der Waals surface area contributed by atoms with E-state index in [0.717, 1.165) is 187 Å². The lowest BCUT2D eigenvalue weighted by molar-refractivity contribution is 0.453. The molecule has 0 radical (unpaired) electrons. The van der Waals surface area contributed by atoms with E-state index in [2.05, 4.69) is 342 Å². The maximum Gasteiger partial charge on any atom is 0.0725 e. The second-order valence-corrected chi connectivity index (χ2v) is 46.2. The first kappa shape index (κ1) is 127. The number of aromatic nitrogens is 24. The standard InChI is InChI=1S/8C14H27N3/c2*1-12(2)7-5-9-14-11-15-16-17(14)10-6-8-13(3)4;2*1-12(2)7-5-6-10-17-14(11-15-16-17)9-8-13(3)4;2*1-12(2)7-5-6-8-14-11-15-16-17(14)10-9-13(3)4;2*1-12(2)8-6-5-7-9-14-10-15-16-17(14)11-13(3)4/h6*11-13H,5-10H2,1-4H3;2*10,12-13H,5-9,11H2,1-4H3. The number of rotatable bonds is 64. The zero-order chi connectivity index (χ0) is 101. The molecule has 0 atom stereocenters. The Bertz CT molecular complexity index is 3480. The summed E-state index contributed by atoms with van der Waals surface area (Å²) >= 11 is 0. The average molecular weight is 1900 g/mol. The normalized spacial score (nSPS) is 11.6. The molecule has 0 saturated heterocycles. The summed E-state index contributed by atoms with van der Waals surface area (Å²) in [5.74, 6) is 12.3. The van der Waals surface area contributed by atoms with Crippen molar-refractivity contribution < 1.29 is 0 Å². The van der Waals surface area contributed by atoms with E-state index in [9.17, 15) is 0 Å². The van der Waals surface area contributed by atoms with E-state index in [4.69, 9.17) is 0 Å². The summed E-state index contributed by atoms with van der Waals surface area (Å²) in [6.07, 6.45) is 65.2. The van der Waals surface area contributed by atoms with Gasteiger partial charge < -0.3 is 0 Å². The van der Waals surface area contributed by atoms with Crippen LogP contribution in [0.15, 0.2) is 49.6 Å². The van der Waals surface area contributed by atoms with Crippen molar-refractivity contribution in [2.75, 3.05) is 0 Å². The molecule has 136 heavy (non-hydrogen) atoms. The van der Waals surface area contributed by atoms with E-state index in [0.29, 0.717) is 11.8 Å². The summed E-state index contributed by atoms with van der Waals surface area (Å²) in [7, 11) is 0. The first-order valence-electron chi connectivity index (χ1n) is 55.7. The summed E-state index contributed by atoms with van der Waals surface area (Å²) < 4.78 is 16.6. The molecule has 24 nitrogen and oxygen atoms in total. The fraction of sp³-hybridized carbons (Fsp3) is 0.857. The van der Waals surface area contributed by atoms with E-state index in [1.807, 2.05) is 49.6 Å². The van der Waals surface area contributed by atoms with Crippen molar-refractivity contribution in [2.45, 2.75) is 531 Å². The Kier molecular flexibility index (Phi) is 74.5. The number of hydrogen-bond donors (Lipinski definition) is 0. The molecule has 0 bridgehead atoms. The Morgan fingerprint density at radius 1 is 0.140 bits per heavy atom. The predicted molar refractivity (Wildman–Crippen MR) is 575 cm³/mol. The van der Waals surface area contributed by atoms with E-state index >= 15 is 0 Å². The smallest absolute Gasteiger partial charge is 0.0725 e. The van der Waals surface area contributed by atoms with Crippen LogP contribution in [0.2, 0.25) is 0 Å². The second kappa shape index (κ2) is 79.8. The molecule has 0 fully saturated rings. The molecule has 0 aromatic carbocycles. The molecular formula is C112H216N24. The Hall–Kier alpha value is -6.88. The summed E-state index contributed by atoms with van der Waals surface area (Å²) in [5.41, 5.74) is 10.4. The van der Waals surface area contributed by atoms with Crippen LogP contribution in [0, 0.1) is 94.7 Å². The van der Waals surface area contributed by atoms with E-state index in [1.54, 1.807) is 0 Å². The molecule has 0 amide bonds. The molecule has 8 aromatic rings. The first-order chi connectivity index (χ1) is 64.7. The van der Waals surface area contributed by atoms with Gasteiger partial charge in [-0.2, -0.15) is 0 Å². The molecule has 0 aliphatic heterocycles. The maximum atomic E-state index is 4.18. The summed E-state index contributed by atoms with van der Waals surface area (Å²) in [6.45, 7) is 80.6. The van der Waals surface area contributed by atoms with Gasteiger partial charge in [0.2, 0.25) is 0 Å².